The first-order valence-electron chi connectivity index (χ1n) is 11.7. The maximum atomic E-state index is 13.0. The molecular formula is C26H29N3O3S. The van der Waals surface area contributed by atoms with Gasteiger partial charge in [-0.05, 0) is 49.2 Å². The van der Waals surface area contributed by atoms with Crippen LogP contribution in [0.1, 0.15) is 36.8 Å². The highest BCUT2D eigenvalue weighted by Gasteiger charge is 2.26. The van der Waals surface area contributed by atoms with Crippen molar-refractivity contribution in [2.75, 3.05) is 19.8 Å². The average molecular weight is 464 g/mol. The Morgan fingerprint density at radius 2 is 1.79 bits per heavy atom. The molecule has 0 atom stereocenters. The molecule has 5 rings (SSSR count). The number of hydrogen-bond donors (Lipinski definition) is 2. The minimum absolute atomic E-state index is 0.0886. The lowest BCUT2D eigenvalue weighted by atomic mass is 10.1. The number of nitrogens with zero attached hydrogens (tertiary/aromatic N) is 1. The van der Waals surface area contributed by atoms with E-state index in [9.17, 15) is 4.79 Å². The molecule has 0 bridgehead atoms. The summed E-state index contributed by atoms with van der Waals surface area (Å²) in [4.78, 5) is 18.2. The van der Waals surface area contributed by atoms with E-state index in [4.69, 9.17) is 21.7 Å². The van der Waals surface area contributed by atoms with Crippen molar-refractivity contribution < 1.29 is 9.47 Å². The van der Waals surface area contributed by atoms with Gasteiger partial charge >= 0.3 is 0 Å². The van der Waals surface area contributed by atoms with E-state index in [1.165, 1.54) is 18.4 Å². The lowest BCUT2D eigenvalue weighted by Gasteiger charge is -2.31. The molecule has 1 fully saturated rings. The molecule has 3 aromatic rings. The molecule has 1 aromatic heterocycles. The van der Waals surface area contributed by atoms with Crippen molar-refractivity contribution in [3.05, 3.63) is 70.0 Å². The van der Waals surface area contributed by atoms with Crippen LogP contribution in [-0.2, 0) is 13.0 Å². The Hall–Kier alpha value is -3.06. The first kappa shape index (κ1) is 21.8. The van der Waals surface area contributed by atoms with E-state index in [0.717, 1.165) is 47.6 Å². The van der Waals surface area contributed by atoms with E-state index in [2.05, 4.69) is 39.5 Å². The minimum Gasteiger partial charge on any atom is -0.486 e. The van der Waals surface area contributed by atoms with Gasteiger partial charge in [-0.25, -0.2) is 0 Å². The maximum absolute atomic E-state index is 13.0. The second kappa shape index (κ2) is 9.83. The van der Waals surface area contributed by atoms with Gasteiger partial charge in [-0.2, -0.15) is 0 Å². The second-order valence-corrected chi connectivity index (χ2v) is 9.13. The fraction of sp³-hybridized carbons (Fsp3) is 0.385. The van der Waals surface area contributed by atoms with Gasteiger partial charge in [-0.3, -0.25) is 4.79 Å². The molecule has 2 heterocycles. The van der Waals surface area contributed by atoms with Gasteiger partial charge in [0.05, 0.1) is 12.1 Å². The van der Waals surface area contributed by atoms with Crippen molar-refractivity contribution in [1.29, 1.82) is 0 Å². The summed E-state index contributed by atoms with van der Waals surface area (Å²) in [7, 11) is 0. The summed E-state index contributed by atoms with van der Waals surface area (Å²) in [5, 5.41) is 5.09. The van der Waals surface area contributed by atoms with Crippen LogP contribution in [0.2, 0.25) is 0 Å². The van der Waals surface area contributed by atoms with Gasteiger partial charge in [0, 0.05) is 29.6 Å². The summed E-state index contributed by atoms with van der Waals surface area (Å²) in [5.74, 6) is 1.39. The molecule has 0 spiro atoms. The number of benzene rings is 2. The smallest absolute Gasteiger partial charge is 0.253 e. The predicted molar refractivity (Wildman–Crippen MR) is 134 cm³/mol. The number of pyridine rings is 1. The molecule has 172 valence electrons. The van der Waals surface area contributed by atoms with Crippen molar-refractivity contribution in [2.45, 2.75) is 44.7 Å². The Morgan fingerprint density at radius 3 is 2.55 bits per heavy atom. The van der Waals surface area contributed by atoms with Gasteiger partial charge in [0.2, 0.25) is 0 Å². The first-order valence-corrected chi connectivity index (χ1v) is 12.1. The molecule has 1 aliphatic carbocycles. The Balaban J connectivity index is 1.35. The molecule has 0 radical (unpaired) electrons. The fourth-order valence-electron chi connectivity index (χ4n) is 4.73. The summed E-state index contributed by atoms with van der Waals surface area (Å²) >= 11 is 5.81. The third kappa shape index (κ3) is 4.98. The molecule has 2 N–H and O–H groups in total. The van der Waals surface area contributed by atoms with Gasteiger partial charge < -0.3 is 24.7 Å². The lowest BCUT2D eigenvalue weighted by Crippen LogP contribution is -2.45. The maximum Gasteiger partial charge on any atom is 0.253 e. The Bertz CT molecular complexity index is 1190. The highest BCUT2D eigenvalue weighted by molar-refractivity contribution is 7.80. The van der Waals surface area contributed by atoms with Crippen LogP contribution in [-0.4, -0.2) is 40.8 Å². The number of aromatic amines is 1. The van der Waals surface area contributed by atoms with Crippen molar-refractivity contribution in [1.82, 2.24) is 15.2 Å². The minimum atomic E-state index is -0.0886. The third-order valence-corrected chi connectivity index (χ3v) is 6.86. The molecule has 6 nitrogen and oxygen atoms in total. The number of H-pyrrole nitrogens is 1. The van der Waals surface area contributed by atoms with Crippen LogP contribution in [0.5, 0.6) is 11.5 Å². The SMILES string of the molecule is O=c1[nH]c2cc3c(cc2cc1CN(C(=S)NCCc1ccccc1)C1CCCC1)OCCO3. The monoisotopic (exact) mass is 463 g/mol. The van der Waals surface area contributed by atoms with Crippen molar-refractivity contribution in [3.63, 3.8) is 0 Å². The molecule has 2 aromatic carbocycles. The summed E-state index contributed by atoms with van der Waals surface area (Å²) in [6, 6.07) is 16.5. The Kier molecular flexibility index (Phi) is 6.48. The quantitative estimate of drug-likeness (QED) is 0.535. The van der Waals surface area contributed by atoms with E-state index >= 15 is 0 Å². The average Bonchev–Trinajstić information content (AvgIpc) is 3.36. The number of hydrogen-bond acceptors (Lipinski definition) is 4. The van der Waals surface area contributed by atoms with Crippen LogP contribution in [0, 0.1) is 0 Å². The van der Waals surface area contributed by atoms with Crippen LogP contribution in [0.25, 0.3) is 10.9 Å². The summed E-state index contributed by atoms with van der Waals surface area (Å²) in [6.07, 6.45) is 5.51. The molecule has 2 aliphatic rings. The molecule has 0 saturated heterocycles. The number of nitrogens with one attached hydrogen (secondary N) is 2. The van der Waals surface area contributed by atoms with E-state index in [0.29, 0.717) is 37.1 Å². The molecular weight excluding hydrogens is 434 g/mol. The van der Waals surface area contributed by atoms with Crippen molar-refractivity contribution >= 4 is 28.2 Å². The number of fused-ring (bicyclic) bond motifs is 2. The van der Waals surface area contributed by atoms with Gasteiger partial charge in [0.15, 0.2) is 16.6 Å². The summed E-state index contributed by atoms with van der Waals surface area (Å²) in [6.45, 7) is 2.31. The van der Waals surface area contributed by atoms with E-state index in [1.807, 2.05) is 24.3 Å². The Labute approximate surface area is 198 Å². The summed E-state index contributed by atoms with van der Waals surface area (Å²) < 4.78 is 11.4. The first-order chi connectivity index (χ1) is 16.2. The largest absolute Gasteiger partial charge is 0.486 e. The van der Waals surface area contributed by atoms with E-state index in [1.54, 1.807) is 0 Å². The van der Waals surface area contributed by atoms with Gasteiger partial charge in [0.25, 0.3) is 5.56 Å². The predicted octanol–water partition coefficient (Wildman–Crippen LogP) is 4.16. The lowest BCUT2D eigenvalue weighted by molar-refractivity contribution is 0.172. The fourth-order valence-corrected chi connectivity index (χ4v) is 5.05. The van der Waals surface area contributed by atoms with E-state index < -0.39 is 0 Å². The number of thiocarbonyl (C=S) groups is 1. The standard InChI is InChI=1S/C26H29N3O3S/c30-25-20(14-19-15-23-24(16-22(19)28-25)32-13-12-31-23)17-29(21-8-4-5-9-21)26(33)27-11-10-18-6-2-1-3-7-18/h1-3,6-7,14-16,21H,4-5,8-13,17H2,(H,27,33)(H,28,30). The zero-order valence-electron chi connectivity index (χ0n) is 18.6. The van der Waals surface area contributed by atoms with Crippen LogP contribution in [0.4, 0.5) is 0 Å². The zero-order chi connectivity index (χ0) is 22.6. The molecule has 1 aliphatic heterocycles. The van der Waals surface area contributed by atoms with Gasteiger partial charge in [-0.1, -0.05) is 43.2 Å². The Morgan fingerprint density at radius 1 is 1.06 bits per heavy atom. The molecule has 33 heavy (non-hydrogen) atoms. The highest BCUT2D eigenvalue weighted by atomic mass is 32.1. The number of aromatic nitrogens is 1. The van der Waals surface area contributed by atoms with Crippen LogP contribution < -0.4 is 20.3 Å². The van der Waals surface area contributed by atoms with Crippen LogP contribution >= 0.6 is 12.2 Å². The zero-order valence-corrected chi connectivity index (χ0v) is 19.5. The number of rotatable bonds is 6. The van der Waals surface area contributed by atoms with Gasteiger partial charge in [-0.15, -0.1) is 0 Å². The van der Waals surface area contributed by atoms with Crippen molar-refractivity contribution in [2.24, 2.45) is 0 Å². The molecule has 0 amide bonds. The molecule has 1 saturated carbocycles. The second-order valence-electron chi connectivity index (χ2n) is 8.74. The van der Waals surface area contributed by atoms with Gasteiger partial charge in [0.1, 0.15) is 13.2 Å². The topological polar surface area (TPSA) is 66.6 Å². The molecule has 7 heteroatoms. The number of ether oxygens (including phenoxy) is 2. The normalized spacial score (nSPS) is 15.5. The highest BCUT2D eigenvalue weighted by Crippen LogP contribution is 2.34. The van der Waals surface area contributed by atoms with Crippen LogP contribution in [0.3, 0.4) is 0 Å². The van der Waals surface area contributed by atoms with Crippen molar-refractivity contribution in [3.8, 4) is 11.5 Å². The van der Waals surface area contributed by atoms with Crippen LogP contribution in [0.15, 0.2) is 53.3 Å². The molecule has 0 unspecified atom stereocenters. The van der Waals surface area contributed by atoms with E-state index in [-0.39, 0.29) is 5.56 Å². The third-order valence-electron chi connectivity index (χ3n) is 6.48. The summed E-state index contributed by atoms with van der Waals surface area (Å²) in [5.41, 5.74) is 2.65.